The van der Waals surface area contributed by atoms with Gasteiger partial charge in [-0.3, -0.25) is 9.59 Å². The van der Waals surface area contributed by atoms with E-state index in [0.29, 0.717) is 36.0 Å². The summed E-state index contributed by atoms with van der Waals surface area (Å²) in [6.45, 7) is 24.9. The second-order valence-corrected chi connectivity index (χ2v) is 15.1. The van der Waals surface area contributed by atoms with Crippen LogP contribution < -0.4 is 31.9 Å². The first-order valence-electron chi connectivity index (χ1n) is 19.1. The molecule has 14 heteroatoms. The third-order valence-corrected chi connectivity index (χ3v) is 7.81. The van der Waals surface area contributed by atoms with Crippen molar-refractivity contribution in [3.05, 3.63) is 0 Å². The average Bonchev–Trinajstić information content (AvgIpc) is 3.06. The molecule has 0 amide bonds. The van der Waals surface area contributed by atoms with E-state index < -0.39 is 18.0 Å². The molecule has 0 spiro atoms. The van der Waals surface area contributed by atoms with Crippen molar-refractivity contribution in [1.82, 2.24) is 31.9 Å². The lowest BCUT2D eigenvalue weighted by molar-refractivity contribution is -0.141. The molecule has 0 aromatic rings. The van der Waals surface area contributed by atoms with Crippen LogP contribution in [0.2, 0.25) is 0 Å². The second kappa shape index (κ2) is 42.7. The monoisotopic (exact) mass is 769 g/mol. The summed E-state index contributed by atoms with van der Waals surface area (Å²) in [5.41, 5.74) is 0. The van der Waals surface area contributed by atoms with E-state index in [4.69, 9.17) is 20.4 Å². The molecule has 0 aromatic heterocycles. The zero-order valence-electron chi connectivity index (χ0n) is 37.0. The molecule has 14 nitrogen and oxygen atoms in total. The number of hydrogen-bond donors (Lipinski definition) is 10. The minimum atomic E-state index is -0.785. The van der Waals surface area contributed by atoms with Crippen molar-refractivity contribution >= 4 is 24.5 Å². The summed E-state index contributed by atoms with van der Waals surface area (Å²) in [5.74, 6) is 1.19. The third-order valence-electron chi connectivity index (χ3n) is 7.81. The van der Waals surface area contributed by atoms with Crippen LogP contribution in [-0.4, -0.2) is 137 Å². The third kappa shape index (κ3) is 46.0. The number of aliphatic hydroxyl groups is 2. The predicted octanol–water partition coefficient (Wildman–Crippen LogP) is 3.10. The van der Waals surface area contributed by atoms with Crippen LogP contribution in [0.4, 0.5) is 0 Å². The number of rotatable bonds is 21. The molecule has 0 aromatic carbocycles. The SMILES string of the molecule is CN[C@@H](CC(C)C)C(=O)O.CN[C@H](C(=O)O)C(C)C.CN[C@H](C=O)C(C)C.CN[C@H](C=O)CC(C)C.CN[C@H](CO)C(C)C.CN[C@H](CO)CC(C)C. The molecule has 0 saturated carbocycles. The van der Waals surface area contributed by atoms with Gasteiger partial charge in [0.15, 0.2) is 0 Å². The Kier molecular flexibility index (Phi) is 50.7. The summed E-state index contributed by atoms with van der Waals surface area (Å²) >= 11 is 0. The van der Waals surface area contributed by atoms with Crippen LogP contribution in [0, 0.1) is 35.5 Å². The van der Waals surface area contributed by atoms with Gasteiger partial charge in [0, 0.05) is 12.1 Å². The molecule has 0 bridgehead atoms. The summed E-state index contributed by atoms with van der Waals surface area (Å²) in [4.78, 5) is 41.0. The van der Waals surface area contributed by atoms with Crippen molar-refractivity contribution in [3.63, 3.8) is 0 Å². The van der Waals surface area contributed by atoms with Gasteiger partial charge in [-0.05, 0) is 97.1 Å². The Morgan fingerprint density at radius 1 is 0.509 bits per heavy atom. The van der Waals surface area contributed by atoms with Gasteiger partial charge in [0.05, 0.1) is 25.3 Å². The molecule has 0 saturated heterocycles. The fourth-order valence-corrected chi connectivity index (χ4v) is 4.35. The minimum Gasteiger partial charge on any atom is -0.480 e. The minimum absolute atomic E-state index is 0.0231. The van der Waals surface area contributed by atoms with Gasteiger partial charge < -0.3 is 61.9 Å². The number of likely N-dealkylation sites (N-methyl/N-ethyl adjacent to an activating group) is 6. The largest absolute Gasteiger partial charge is 0.480 e. The summed E-state index contributed by atoms with van der Waals surface area (Å²) < 4.78 is 0. The summed E-state index contributed by atoms with van der Waals surface area (Å²) in [5, 5.41) is 51.7. The molecular formula is C39H88N6O8. The van der Waals surface area contributed by atoms with Gasteiger partial charge in [0.2, 0.25) is 0 Å². The van der Waals surface area contributed by atoms with Crippen LogP contribution in [0.25, 0.3) is 0 Å². The van der Waals surface area contributed by atoms with Gasteiger partial charge in [0.1, 0.15) is 24.7 Å². The molecule has 53 heavy (non-hydrogen) atoms. The molecule has 0 fully saturated rings. The quantitative estimate of drug-likeness (QED) is 0.0759. The molecule has 322 valence electrons. The van der Waals surface area contributed by atoms with Crippen LogP contribution in [0.15, 0.2) is 0 Å². The zero-order chi connectivity index (χ0) is 43.3. The highest BCUT2D eigenvalue weighted by Gasteiger charge is 2.18. The predicted molar refractivity (Wildman–Crippen MR) is 222 cm³/mol. The Hall–Kier alpha value is -2.04. The molecule has 0 rings (SSSR count). The van der Waals surface area contributed by atoms with Gasteiger partial charge in [0.25, 0.3) is 0 Å². The van der Waals surface area contributed by atoms with E-state index in [1.54, 1.807) is 28.2 Å². The number of aliphatic hydroxyl groups excluding tert-OH is 2. The van der Waals surface area contributed by atoms with Crippen molar-refractivity contribution in [1.29, 1.82) is 0 Å². The standard InChI is InChI=1S/C7H15NO2.C7H17NO.C7H15NO.C6H13NO2.C6H15NO.C6H13NO/c1-5(2)4-6(8-3)7(9)10;2*1-6(2)4-7(5-9)8-3;1-4(2)5(7-3)6(8)9;2*1-5(2)6(4-8)7-3/h5-6,8H,4H2,1-3H3,(H,9,10);6-9H,4-5H2,1-3H3;5-8H,4H2,1-3H3;4-5,7H,1-3H3,(H,8,9);5-8H,4H2,1-3H3;4-7H,1-3H3/t6-;2*7-;5-;2*6-/m000011/s1. The maximum atomic E-state index is 10.4. The van der Waals surface area contributed by atoms with Crippen molar-refractivity contribution in [2.24, 2.45) is 35.5 Å². The van der Waals surface area contributed by atoms with Gasteiger partial charge in [-0.1, -0.05) is 83.1 Å². The summed E-state index contributed by atoms with van der Waals surface area (Å²) in [6, 6.07) is -0.190. The van der Waals surface area contributed by atoms with Crippen molar-refractivity contribution < 1.29 is 39.6 Å². The summed E-state index contributed by atoms with van der Waals surface area (Å²) in [7, 11) is 10.7. The highest BCUT2D eigenvalue weighted by Crippen LogP contribution is 2.04. The maximum absolute atomic E-state index is 10.4. The second-order valence-electron chi connectivity index (χ2n) is 15.1. The smallest absolute Gasteiger partial charge is 0.320 e. The fraction of sp³-hybridized carbons (Fsp3) is 0.897. The first-order valence-corrected chi connectivity index (χ1v) is 19.1. The lowest BCUT2D eigenvalue weighted by Gasteiger charge is -2.15. The summed E-state index contributed by atoms with van der Waals surface area (Å²) in [6.07, 6.45) is 4.56. The molecule has 0 heterocycles. The van der Waals surface area contributed by atoms with Crippen molar-refractivity contribution in [2.75, 3.05) is 55.5 Å². The van der Waals surface area contributed by atoms with Gasteiger partial charge in [-0.2, -0.15) is 0 Å². The number of aldehydes is 2. The highest BCUT2D eigenvalue weighted by molar-refractivity contribution is 5.73. The highest BCUT2D eigenvalue weighted by atomic mass is 16.4. The van der Waals surface area contributed by atoms with Crippen molar-refractivity contribution in [2.45, 2.75) is 139 Å². The van der Waals surface area contributed by atoms with E-state index in [1.165, 1.54) is 0 Å². The average molecular weight is 769 g/mol. The van der Waals surface area contributed by atoms with E-state index in [1.807, 2.05) is 55.6 Å². The molecule has 0 unspecified atom stereocenters. The topological polar surface area (TPSA) is 221 Å². The van der Waals surface area contributed by atoms with Gasteiger partial charge >= 0.3 is 11.9 Å². The van der Waals surface area contributed by atoms with Crippen LogP contribution in [0.5, 0.6) is 0 Å². The first kappa shape index (κ1) is 62.9. The number of carboxylic acids is 2. The molecule has 0 aliphatic heterocycles. The van der Waals surface area contributed by atoms with E-state index >= 15 is 0 Å². The number of nitrogens with one attached hydrogen (secondary N) is 6. The zero-order valence-corrected chi connectivity index (χ0v) is 37.0. The van der Waals surface area contributed by atoms with Crippen molar-refractivity contribution in [3.8, 4) is 0 Å². The Balaban J connectivity index is -0.000000125. The lowest BCUT2D eigenvalue weighted by Crippen LogP contribution is -2.38. The molecule has 0 aliphatic rings. The lowest BCUT2D eigenvalue weighted by atomic mass is 10.0. The normalized spacial score (nSPS) is 14.0. The number of carboxylic acid groups (broad SMARTS) is 2. The Bertz CT molecular complexity index is 809. The maximum Gasteiger partial charge on any atom is 0.320 e. The Morgan fingerprint density at radius 3 is 1.04 bits per heavy atom. The molecule has 0 radical (unpaired) electrons. The molecular weight excluding hydrogens is 680 g/mol. The van der Waals surface area contributed by atoms with E-state index in [-0.39, 0.29) is 49.3 Å². The number of carbonyl (C=O) groups is 4. The fourth-order valence-electron chi connectivity index (χ4n) is 4.35. The number of hydrogen-bond acceptors (Lipinski definition) is 12. The van der Waals surface area contributed by atoms with Crippen LogP contribution in [-0.2, 0) is 19.2 Å². The van der Waals surface area contributed by atoms with Crippen LogP contribution >= 0.6 is 0 Å². The molecule has 10 N–H and O–H groups in total. The van der Waals surface area contributed by atoms with Crippen LogP contribution in [0.1, 0.15) is 102 Å². The molecule has 0 aliphatic carbocycles. The van der Waals surface area contributed by atoms with E-state index in [2.05, 4.69) is 73.4 Å². The Morgan fingerprint density at radius 2 is 0.981 bits per heavy atom. The molecule has 6 atom stereocenters. The van der Waals surface area contributed by atoms with Crippen LogP contribution in [0.3, 0.4) is 0 Å². The van der Waals surface area contributed by atoms with E-state index in [9.17, 15) is 19.2 Å². The number of aliphatic carboxylic acids is 2. The number of carbonyl (C=O) groups excluding carboxylic acids is 2. The van der Waals surface area contributed by atoms with Gasteiger partial charge in [-0.15, -0.1) is 0 Å². The Labute approximate surface area is 325 Å². The van der Waals surface area contributed by atoms with E-state index in [0.717, 1.165) is 25.4 Å². The first-order chi connectivity index (χ1) is 24.5. The van der Waals surface area contributed by atoms with Gasteiger partial charge in [-0.25, -0.2) is 0 Å².